The summed E-state index contributed by atoms with van der Waals surface area (Å²) in [5.41, 5.74) is 0.763. The Morgan fingerprint density at radius 3 is 2.53 bits per heavy atom. The van der Waals surface area contributed by atoms with Crippen LogP contribution >= 0.6 is 35.0 Å². The van der Waals surface area contributed by atoms with Crippen LogP contribution in [0.2, 0.25) is 10.0 Å². The van der Waals surface area contributed by atoms with E-state index in [4.69, 9.17) is 37.4 Å². The minimum atomic E-state index is -1.24. The fourth-order valence-electron chi connectivity index (χ4n) is 3.52. The minimum Gasteiger partial charge on any atom is -0.492 e. The molecule has 0 aromatic heterocycles. The van der Waals surface area contributed by atoms with E-state index in [2.05, 4.69) is 11.4 Å². The van der Waals surface area contributed by atoms with Crippen LogP contribution < -0.4 is 14.8 Å². The number of hydrogen-bond donors (Lipinski definition) is 1. The van der Waals surface area contributed by atoms with Crippen LogP contribution in [0.1, 0.15) is 18.4 Å². The zero-order chi connectivity index (χ0) is 24.7. The largest absolute Gasteiger partial charge is 0.492 e. The highest BCUT2D eigenvalue weighted by Gasteiger charge is 2.44. The normalized spacial score (nSPS) is 17.6. The number of hydrogen-bond acceptors (Lipinski definition) is 7. The topological polar surface area (TPSA) is 97.6 Å². The SMILES string of the molecule is CCOc1ccc([C@@H]2C(C#N)=C(SCCOc3ccccc3Cl)NC(=O)[C@H]2C(=O)OC)cc1Cl. The predicted molar refractivity (Wildman–Crippen MR) is 131 cm³/mol. The first-order valence-corrected chi connectivity index (χ1v) is 12.1. The van der Waals surface area contributed by atoms with Crippen molar-refractivity contribution < 1.29 is 23.8 Å². The molecule has 2 aromatic carbocycles. The van der Waals surface area contributed by atoms with E-state index in [0.717, 1.165) is 0 Å². The third-order valence-electron chi connectivity index (χ3n) is 5.02. The number of esters is 1. The molecular weight excluding hydrogens is 499 g/mol. The van der Waals surface area contributed by atoms with E-state index < -0.39 is 23.7 Å². The second-order valence-electron chi connectivity index (χ2n) is 7.07. The van der Waals surface area contributed by atoms with Gasteiger partial charge in [-0.05, 0) is 36.8 Å². The lowest BCUT2D eigenvalue weighted by atomic mass is 9.78. The van der Waals surface area contributed by atoms with Crippen molar-refractivity contribution in [3.05, 3.63) is 68.7 Å². The third-order valence-corrected chi connectivity index (χ3v) is 6.61. The summed E-state index contributed by atoms with van der Waals surface area (Å²) in [5, 5.41) is 13.8. The van der Waals surface area contributed by atoms with Gasteiger partial charge in [0.1, 0.15) is 17.4 Å². The lowest BCUT2D eigenvalue weighted by Gasteiger charge is -2.31. The third kappa shape index (κ3) is 5.79. The Kier molecular flexibility index (Phi) is 9.11. The number of para-hydroxylation sites is 1. The molecule has 2 atom stereocenters. The van der Waals surface area contributed by atoms with Crippen LogP contribution in [0, 0.1) is 17.2 Å². The minimum absolute atomic E-state index is 0.234. The number of ether oxygens (including phenoxy) is 3. The summed E-state index contributed by atoms with van der Waals surface area (Å²) < 4.78 is 16.0. The fourth-order valence-corrected chi connectivity index (χ4v) is 4.83. The molecule has 1 aliphatic heterocycles. The Bertz CT molecular complexity index is 1150. The number of halogens is 2. The fraction of sp³-hybridized carbons (Fsp3) is 0.292. The second-order valence-corrected chi connectivity index (χ2v) is 8.99. The number of carbonyl (C=O) groups excluding carboxylic acids is 2. The van der Waals surface area contributed by atoms with Gasteiger partial charge in [-0.2, -0.15) is 5.26 Å². The van der Waals surface area contributed by atoms with Crippen LogP contribution in [0.5, 0.6) is 11.5 Å². The van der Waals surface area contributed by atoms with Crippen molar-refractivity contribution in [2.75, 3.05) is 26.1 Å². The number of benzene rings is 2. The van der Waals surface area contributed by atoms with Crippen LogP contribution in [0.3, 0.4) is 0 Å². The van der Waals surface area contributed by atoms with Crippen molar-refractivity contribution in [1.82, 2.24) is 5.32 Å². The number of nitrogens with one attached hydrogen (secondary N) is 1. The summed E-state index contributed by atoms with van der Waals surface area (Å²) in [6, 6.07) is 14.2. The molecule has 178 valence electrons. The van der Waals surface area contributed by atoms with E-state index in [1.165, 1.54) is 18.9 Å². The molecule has 0 saturated carbocycles. The van der Waals surface area contributed by atoms with Gasteiger partial charge in [-0.1, -0.05) is 41.4 Å². The van der Waals surface area contributed by atoms with Crippen molar-refractivity contribution in [2.24, 2.45) is 5.92 Å². The maximum absolute atomic E-state index is 12.9. The van der Waals surface area contributed by atoms with Gasteiger partial charge in [0, 0.05) is 11.7 Å². The van der Waals surface area contributed by atoms with Crippen LogP contribution in [0.25, 0.3) is 0 Å². The zero-order valence-electron chi connectivity index (χ0n) is 18.5. The standard InChI is InChI=1S/C24H22Cl2N2O5S/c1-3-32-19-9-8-14(12-17(19)26)20-15(13-27)23(28-22(29)21(20)24(30)31-2)34-11-10-33-18-7-5-4-6-16(18)25/h4-9,12,20-21H,3,10-11H2,1-2H3,(H,28,29)/t20-,21+/m1/s1. The average molecular weight is 521 g/mol. The Balaban J connectivity index is 1.89. The van der Waals surface area contributed by atoms with Crippen molar-refractivity contribution in [2.45, 2.75) is 12.8 Å². The van der Waals surface area contributed by atoms with Crippen LogP contribution in [-0.2, 0) is 14.3 Å². The van der Waals surface area contributed by atoms with E-state index >= 15 is 0 Å². The highest BCUT2D eigenvalue weighted by atomic mass is 35.5. The smallest absolute Gasteiger partial charge is 0.319 e. The number of allylic oxidation sites excluding steroid dienone is 1. The summed E-state index contributed by atoms with van der Waals surface area (Å²) in [7, 11) is 1.20. The molecule has 7 nitrogen and oxygen atoms in total. The van der Waals surface area contributed by atoms with Crippen molar-refractivity contribution in [3.63, 3.8) is 0 Å². The Morgan fingerprint density at radius 2 is 1.88 bits per heavy atom. The van der Waals surface area contributed by atoms with E-state index in [-0.39, 0.29) is 12.2 Å². The molecule has 0 fully saturated rings. The van der Waals surface area contributed by atoms with Crippen LogP contribution in [0.4, 0.5) is 0 Å². The number of nitriles is 1. The van der Waals surface area contributed by atoms with Gasteiger partial charge >= 0.3 is 5.97 Å². The van der Waals surface area contributed by atoms with Gasteiger partial charge < -0.3 is 19.5 Å². The number of nitrogens with zero attached hydrogens (tertiary/aromatic N) is 1. The molecule has 0 bridgehead atoms. The maximum atomic E-state index is 12.9. The number of methoxy groups -OCH3 is 1. The lowest BCUT2D eigenvalue weighted by molar-refractivity contribution is -0.150. The van der Waals surface area contributed by atoms with Crippen molar-refractivity contribution >= 4 is 46.8 Å². The Hall–Kier alpha value is -2.86. The van der Waals surface area contributed by atoms with Gasteiger partial charge in [-0.3, -0.25) is 9.59 Å². The summed E-state index contributed by atoms with van der Waals surface area (Å²) in [5.74, 6) is -1.98. The summed E-state index contributed by atoms with van der Waals surface area (Å²) >= 11 is 13.7. The number of carbonyl (C=O) groups is 2. The van der Waals surface area contributed by atoms with Gasteiger partial charge in [-0.25, -0.2) is 0 Å². The van der Waals surface area contributed by atoms with Crippen LogP contribution in [0.15, 0.2) is 53.1 Å². The highest BCUT2D eigenvalue weighted by molar-refractivity contribution is 8.03. The molecule has 1 aliphatic rings. The van der Waals surface area contributed by atoms with Gasteiger partial charge in [0.2, 0.25) is 5.91 Å². The zero-order valence-corrected chi connectivity index (χ0v) is 20.8. The Morgan fingerprint density at radius 1 is 1.15 bits per heavy atom. The van der Waals surface area contributed by atoms with Crippen molar-refractivity contribution in [3.8, 4) is 17.6 Å². The van der Waals surface area contributed by atoms with Gasteiger partial charge in [-0.15, -0.1) is 11.8 Å². The average Bonchev–Trinajstić information content (AvgIpc) is 2.83. The molecular formula is C24H22Cl2N2O5S. The van der Waals surface area contributed by atoms with E-state index in [1.807, 2.05) is 13.0 Å². The predicted octanol–water partition coefficient (Wildman–Crippen LogP) is 4.94. The first-order valence-electron chi connectivity index (χ1n) is 10.4. The monoisotopic (exact) mass is 520 g/mol. The molecule has 1 N–H and O–H groups in total. The maximum Gasteiger partial charge on any atom is 0.319 e. The van der Waals surface area contributed by atoms with Crippen LogP contribution in [-0.4, -0.2) is 38.0 Å². The number of thioether (sulfide) groups is 1. The number of amides is 1. The summed E-state index contributed by atoms with van der Waals surface area (Å²) in [6.07, 6.45) is 0. The highest BCUT2D eigenvalue weighted by Crippen LogP contribution is 2.42. The molecule has 1 heterocycles. The number of rotatable bonds is 9. The lowest BCUT2D eigenvalue weighted by Crippen LogP contribution is -2.44. The second kappa shape index (κ2) is 12.0. The first kappa shape index (κ1) is 25.8. The Labute approximate surface area is 212 Å². The molecule has 0 radical (unpaired) electrons. The summed E-state index contributed by atoms with van der Waals surface area (Å²) in [4.78, 5) is 25.4. The van der Waals surface area contributed by atoms with E-state index in [0.29, 0.717) is 44.5 Å². The molecule has 2 aromatic rings. The van der Waals surface area contributed by atoms with E-state index in [1.54, 1.807) is 36.4 Å². The molecule has 0 unspecified atom stereocenters. The molecule has 34 heavy (non-hydrogen) atoms. The molecule has 3 rings (SSSR count). The molecule has 1 amide bonds. The molecule has 0 saturated heterocycles. The molecule has 0 spiro atoms. The van der Waals surface area contributed by atoms with Gasteiger partial charge in [0.25, 0.3) is 0 Å². The molecule has 10 heteroatoms. The van der Waals surface area contributed by atoms with E-state index in [9.17, 15) is 14.9 Å². The quantitative estimate of drug-likeness (QED) is 0.284. The van der Waals surface area contributed by atoms with Gasteiger partial charge in [0.15, 0.2) is 0 Å². The summed E-state index contributed by atoms with van der Waals surface area (Å²) in [6.45, 7) is 2.54. The van der Waals surface area contributed by atoms with Crippen molar-refractivity contribution in [1.29, 1.82) is 5.26 Å². The first-order chi connectivity index (χ1) is 16.4. The molecule has 0 aliphatic carbocycles. The van der Waals surface area contributed by atoms with Gasteiger partial charge in [0.05, 0.1) is 47.0 Å².